The van der Waals surface area contributed by atoms with Crippen LogP contribution in [0.3, 0.4) is 0 Å². The van der Waals surface area contributed by atoms with Crippen molar-refractivity contribution < 1.29 is 14.9 Å². The number of ether oxygens (including phenoxy) is 1. The molecule has 3 nitrogen and oxygen atoms in total. The molecule has 5 heteroatoms. The van der Waals surface area contributed by atoms with Gasteiger partial charge in [0.1, 0.15) is 5.75 Å². The molecule has 0 aliphatic carbocycles. The molecule has 26 heavy (non-hydrogen) atoms. The van der Waals surface area contributed by atoms with Gasteiger partial charge in [0.05, 0.1) is 17.2 Å². The van der Waals surface area contributed by atoms with Crippen LogP contribution in [-0.2, 0) is 6.42 Å². The Bertz CT molecular complexity index is 688. The molecule has 0 aromatic heterocycles. The summed E-state index contributed by atoms with van der Waals surface area (Å²) < 4.78 is 6.68. The minimum absolute atomic E-state index is 0.0446. The van der Waals surface area contributed by atoms with E-state index in [0.29, 0.717) is 23.6 Å². The van der Waals surface area contributed by atoms with Crippen LogP contribution in [0.1, 0.15) is 43.9 Å². The van der Waals surface area contributed by atoms with E-state index in [0.717, 1.165) is 16.5 Å². The van der Waals surface area contributed by atoms with Gasteiger partial charge in [0.15, 0.2) is 0 Å². The van der Waals surface area contributed by atoms with E-state index >= 15 is 0 Å². The maximum absolute atomic E-state index is 10.6. The molecule has 0 spiro atoms. The van der Waals surface area contributed by atoms with Crippen LogP contribution < -0.4 is 4.74 Å². The lowest BCUT2D eigenvalue weighted by atomic mass is 9.89. The molecule has 2 aromatic carbocycles. The molecule has 2 N–H and O–H groups in total. The van der Waals surface area contributed by atoms with Crippen LogP contribution in [0.2, 0.25) is 5.02 Å². The van der Waals surface area contributed by atoms with Gasteiger partial charge in [0.25, 0.3) is 0 Å². The second-order valence-electron chi connectivity index (χ2n) is 6.82. The molecule has 0 radical (unpaired) electrons. The highest BCUT2D eigenvalue weighted by atomic mass is 79.9. The maximum atomic E-state index is 10.6. The number of rotatable bonds is 9. The van der Waals surface area contributed by atoms with Crippen LogP contribution >= 0.6 is 27.5 Å². The Morgan fingerprint density at radius 1 is 1.12 bits per heavy atom. The molecule has 0 unspecified atom stereocenters. The summed E-state index contributed by atoms with van der Waals surface area (Å²) in [7, 11) is 0. The molecule has 0 heterocycles. The van der Waals surface area contributed by atoms with Crippen LogP contribution in [0, 0.1) is 5.92 Å². The third-order valence-corrected chi connectivity index (χ3v) is 5.06. The Morgan fingerprint density at radius 2 is 1.81 bits per heavy atom. The van der Waals surface area contributed by atoms with Gasteiger partial charge in [0, 0.05) is 11.1 Å². The lowest BCUT2D eigenvalue weighted by Gasteiger charge is -2.21. The summed E-state index contributed by atoms with van der Waals surface area (Å²) >= 11 is 9.72. The zero-order chi connectivity index (χ0) is 19.1. The van der Waals surface area contributed by atoms with Gasteiger partial charge in [0.2, 0.25) is 0 Å². The Labute approximate surface area is 169 Å². The molecule has 2 atom stereocenters. The van der Waals surface area contributed by atoms with Crippen molar-refractivity contribution >= 4 is 27.5 Å². The summed E-state index contributed by atoms with van der Waals surface area (Å²) in [6.45, 7) is 4.00. The van der Waals surface area contributed by atoms with E-state index in [1.165, 1.54) is 5.56 Å². The van der Waals surface area contributed by atoms with E-state index in [-0.39, 0.29) is 18.6 Å². The first-order valence-electron chi connectivity index (χ1n) is 8.88. The Morgan fingerprint density at radius 3 is 2.38 bits per heavy atom. The third-order valence-electron chi connectivity index (χ3n) is 4.23. The second kappa shape index (κ2) is 10.3. The largest absolute Gasteiger partial charge is 0.489 e. The average molecular weight is 442 g/mol. The van der Waals surface area contributed by atoms with Crippen molar-refractivity contribution in [1.82, 2.24) is 0 Å². The molecule has 0 amide bonds. The third kappa shape index (κ3) is 6.58. The van der Waals surface area contributed by atoms with Crippen molar-refractivity contribution in [2.75, 3.05) is 6.61 Å². The van der Waals surface area contributed by atoms with Gasteiger partial charge in [-0.15, -0.1) is 0 Å². The van der Waals surface area contributed by atoms with Crippen molar-refractivity contribution in [3.8, 4) is 5.75 Å². The van der Waals surface area contributed by atoms with Gasteiger partial charge in [-0.25, -0.2) is 0 Å². The maximum Gasteiger partial charge on any atom is 0.138 e. The van der Waals surface area contributed by atoms with Crippen molar-refractivity contribution in [1.29, 1.82) is 0 Å². The molecular weight excluding hydrogens is 416 g/mol. The molecule has 0 aliphatic rings. The summed E-state index contributed by atoms with van der Waals surface area (Å²) in [6, 6.07) is 13.6. The molecule has 0 fully saturated rings. The average Bonchev–Trinajstić information content (AvgIpc) is 2.58. The molecule has 0 bridgehead atoms. The summed E-state index contributed by atoms with van der Waals surface area (Å²) in [5, 5.41) is 20.5. The Hall–Kier alpha value is -1.07. The molecule has 0 saturated carbocycles. The fourth-order valence-electron chi connectivity index (χ4n) is 2.97. The predicted octanol–water partition coefficient (Wildman–Crippen LogP) is 5.55. The fraction of sp³-hybridized carbons (Fsp3) is 0.429. The Kier molecular flexibility index (Phi) is 8.42. The second-order valence-corrected chi connectivity index (χ2v) is 8.14. The topological polar surface area (TPSA) is 49.7 Å². The van der Waals surface area contributed by atoms with Crippen LogP contribution in [0.4, 0.5) is 0 Å². The van der Waals surface area contributed by atoms with Crippen molar-refractivity contribution in [2.24, 2.45) is 5.92 Å². The summed E-state index contributed by atoms with van der Waals surface area (Å²) in [5.41, 5.74) is 1.96. The van der Waals surface area contributed by atoms with Crippen LogP contribution in [0.25, 0.3) is 0 Å². The summed E-state index contributed by atoms with van der Waals surface area (Å²) in [4.78, 5) is 0. The lowest BCUT2D eigenvalue weighted by molar-refractivity contribution is 0.132. The van der Waals surface area contributed by atoms with Crippen molar-refractivity contribution in [3.05, 3.63) is 63.1 Å². The van der Waals surface area contributed by atoms with Crippen LogP contribution in [0.15, 0.2) is 46.9 Å². The zero-order valence-corrected chi connectivity index (χ0v) is 17.5. The first kappa shape index (κ1) is 21.2. The van der Waals surface area contributed by atoms with E-state index in [1.54, 1.807) is 12.1 Å². The molecule has 2 rings (SSSR count). The number of benzene rings is 2. The monoisotopic (exact) mass is 440 g/mol. The highest BCUT2D eigenvalue weighted by Crippen LogP contribution is 2.32. The standard InChI is InChI=1S/C21H26BrClO3/c1-14(2)26-21-8-5-17(13-19(21)23)20(25)12-16(9-10-24)11-15-3-6-18(22)7-4-15/h3-8,13-14,16,20,24-25H,9-12H2,1-2H3/t16-,20+/m1/s1. The quantitative estimate of drug-likeness (QED) is 0.536. The van der Waals surface area contributed by atoms with Crippen molar-refractivity contribution in [3.63, 3.8) is 0 Å². The highest BCUT2D eigenvalue weighted by molar-refractivity contribution is 9.10. The first-order chi connectivity index (χ1) is 12.4. The van der Waals surface area contributed by atoms with Gasteiger partial charge < -0.3 is 14.9 Å². The number of aliphatic hydroxyl groups excluding tert-OH is 2. The number of hydrogen-bond acceptors (Lipinski definition) is 3. The fourth-order valence-corrected chi connectivity index (χ4v) is 3.46. The van der Waals surface area contributed by atoms with E-state index in [4.69, 9.17) is 16.3 Å². The SMILES string of the molecule is CC(C)Oc1ccc([C@@H](O)C[C@H](CCO)Cc2ccc(Br)cc2)cc1Cl. The molecular formula is C21H26BrClO3. The number of aliphatic hydroxyl groups is 2. The van der Waals surface area contributed by atoms with Gasteiger partial charge in [-0.2, -0.15) is 0 Å². The summed E-state index contributed by atoms with van der Waals surface area (Å²) in [5.74, 6) is 0.806. The van der Waals surface area contributed by atoms with Gasteiger partial charge in [-0.1, -0.05) is 45.7 Å². The number of hydrogen-bond donors (Lipinski definition) is 2. The smallest absolute Gasteiger partial charge is 0.138 e. The van der Waals surface area contributed by atoms with E-state index in [1.807, 2.05) is 32.0 Å². The molecule has 0 saturated heterocycles. The normalized spacial score (nSPS) is 13.7. The van der Waals surface area contributed by atoms with Gasteiger partial charge >= 0.3 is 0 Å². The predicted molar refractivity (Wildman–Crippen MR) is 110 cm³/mol. The van der Waals surface area contributed by atoms with Gasteiger partial charge in [-0.3, -0.25) is 0 Å². The summed E-state index contributed by atoms with van der Waals surface area (Å²) in [6.07, 6.45) is 1.44. The molecule has 142 valence electrons. The zero-order valence-electron chi connectivity index (χ0n) is 15.2. The Balaban J connectivity index is 2.05. The minimum Gasteiger partial charge on any atom is -0.489 e. The minimum atomic E-state index is -0.632. The first-order valence-corrected chi connectivity index (χ1v) is 10.1. The molecule has 0 aliphatic heterocycles. The molecule has 2 aromatic rings. The van der Waals surface area contributed by atoms with E-state index in [9.17, 15) is 10.2 Å². The van der Waals surface area contributed by atoms with Gasteiger partial charge in [-0.05, 0) is 74.4 Å². The van der Waals surface area contributed by atoms with E-state index < -0.39 is 6.10 Å². The van der Waals surface area contributed by atoms with Crippen LogP contribution in [0.5, 0.6) is 5.75 Å². The van der Waals surface area contributed by atoms with Crippen LogP contribution in [-0.4, -0.2) is 22.9 Å². The highest BCUT2D eigenvalue weighted by Gasteiger charge is 2.18. The van der Waals surface area contributed by atoms with E-state index in [2.05, 4.69) is 28.1 Å². The van der Waals surface area contributed by atoms with Crippen molar-refractivity contribution in [2.45, 2.75) is 45.3 Å². The lowest BCUT2D eigenvalue weighted by Crippen LogP contribution is -2.12. The number of halogens is 2.